The van der Waals surface area contributed by atoms with Gasteiger partial charge in [0.05, 0.1) is 13.2 Å². The maximum Gasteiger partial charge on any atom is 0.236 e. The van der Waals surface area contributed by atoms with Crippen LogP contribution in [-0.2, 0) is 4.79 Å². The molecule has 4 nitrogen and oxygen atoms in total. The van der Waals surface area contributed by atoms with Crippen molar-refractivity contribution in [2.75, 3.05) is 26.2 Å². The van der Waals surface area contributed by atoms with Gasteiger partial charge >= 0.3 is 0 Å². The minimum absolute atomic E-state index is 0.166. The Hall–Kier alpha value is -0.610. The summed E-state index contributed by atoms with van der Waals surface area (Å²) >= 11 is 0. The van der Waals surface area contributed by atoms with Gasteiger partial charge in [0.2, 0.25) is 5.91 Å². The molecule has 18 heavy (non-hydrogen) atoms. The second-order valence-corrected chi connectivity index (χ2v) is 5.98. The number of carbonyl (C=O) groups excluding carboxylic acids is 1. The highest BCUT2D eigenvalue weighted by atomic mass is 16.3. The fraction of sp³-hybridized carbons (Fsp3) is 0.929. The first kappa shape index (κ1) is 15.4. The molecule has 0 aliphatic carbocycles. The molecule has 1 atom stereocenters. The van der Waals surface area contributed by atoms with Gasteiger partial charge < -0.3 is 10.0 Å². The first-order valence-electron chi connectivity index (χ1n) is 7.10. The van der Waals surface area contributed by atoms with Gasteiger partial charge in [-0.2, -0.15) is 0 Å². The molecule has 1 heterocycles. The summed E-state index contributed by atoms with van der Waals surface area (Å²) in [5, 5.41) is 9.28. The smallest absolute Gasteiger partial charge is 0.236 e. The van der Waals surface area contributed by atoms with Crippen LogP contribution in [0.2, 0.25) is 0 Å². The fourth-order valence-corrected chi connectivity index (χ4v) is 2.57. The first-order chi connectivity index (χ1) is 8.45. The zero-order valence-corrected chi connectivity index (χ0v) is 12.2. The van der Waals surface area contributed by atoms with Gasteiger partial charge in [0, 0.05) is 18.6 Å². The SMILES string of the molecule is CC(C)CN(C(=O)CN1CCC[C@@H]1CO)C(C)C. The second kappa shape index (κ2) is 7.10. The molecule has 1 fully saturated rings. The summed E-state index contributed by atoms with van der Waals surface area (Å²) in [4.78, 5) is 16.4. The molecule has 0 radical (unpaired) electrons. The molecule has 0 aromatic rings. The summed E-state index contributed by atoms with van der Waals surface area (Å²) in [6, 6.07) is 0.428. The van der Waals surface area contributed by atoms with Crippen LogP contribution in [0.4, 0.5) is 0 Å². The standard InChI is InChI=1S/C14H28N2O2/c1-11(2)8-16(12(3)4)14(18)9-15-7-5-6-13(15)10-17/h11-13,17H,5-10H2,1-4H3/t13-/m1/s1. The monoisotopic (exact) mass is 256 g/mol. The third kappa shape index (κ3) is 4.25. The Morgan fingerprint density at radius 3 is 2.56 bits per heavy atom. The Kier molecular flexibility index (Phi) is 6.09. The van der Waals surface area contributed by atoms with Gasteiger partial charge in [0.15, 0.2) is 0 Å². The molecule has 1 N–H and O–H groups in total. The van der Waals surface area contributed by atoms with E-state index in [2.05, 4.69) is 32.6 Å². The van der Waals surface area contributed by atoms with Gasteiger partial charge in [-0.05, 0) is 39.2 Å². The molecule has 1 saturated heterocycles. The molecule has 0 spiro atoms. The number of aliphatic hydroxyl groups excluding tert-OH is 1. The van der Waals surface area contributed by atoms with E-state index in [9.17, 15) is 9.90 Å². The van der Waals surface area contributed by atoms with Crippen molar-refractivity contribution in [3.8, 4) is 0 Å². The lowest BCUT2D eigenvalue weighted by molar-refractivity contribution is -0.135. The third-order valence-electron chi connectivity index (χ3n) is 3.55. The Labute approximate surface area is 111 Å². The molecular weight excluding hydrogens is 228 g/mol. The van der Waals surface area contributed by atoms with E-state index < -0.39 is 0 Å². The van der Waals surface area contributed by atoms with E-state index in [0.717, 1.165) is 25.9 Å². The average molecular weight is 256 g/mol. The molecule has 0 aromatic heterocycles. The number of carbonyl (C=O) groups is 1. The molecule has 0 aromatic carbocycles. The van der Waals surface area contributed by atoms with Gasteiger partial charge in [-0.25, -0.2) is 0 Å². The minimum Gasteiger partial charge on any atom is -0.395 e. The van der Waals surface area contributed by atoms with Crippen LogP contribution in [0.5, 0.6) is 0 Å². The van der Waals surface area contributed by atoms with Crippen LogP contribution >= 0.6 is 0 Å². The van der Waals surface area contributed by atoms with Crippen molar-refractivity contribution < 1.29 is 9.90 Å². The molecule has 0 bridgehead atoms. The van der Waals surface area contributed by atoms with Gasteiger partial charge in [0.25, 0.3) is 0 Å². The molecule has 1 rings (SSSR count). The topological polar surface area (TPSA) is 43.8 Å². The quantitative estimate of drug-likeness (QED) is 0.780. The number of likely N-dealkylation sites (tertiary alicyclic amines) is 1. The maximum atomic E-state index is 12.3. The third-order valence-corrected chi connectivity index (χ3v) is 3.55. The van der Waals surface area contributed by atoms with Crippen LogP contribution in [0, 0.1) is 5.92 Å². The number of nitrogens with zero attached hydrogens (tertiary/aromatic N) is 2. The maximum absolute atomic E-state index is 12.3. The van der Waals surface area contributed by atoms with Gasteiger partial charge in [0.1, 0.15) is 0 Å². The van der Waals surface area contributed by atoms with E-state index in [-0.39, 0.29) is 24.6 Å². The normalized spacial score (nSPS) is 20.9. The minimum atomic E-state index is 0.166. The van der Waals surface area contributed by atoms with Crippen LogP contribution in [0.3, 0.4) is 0 Å². The van der Waals surface area contributed by atoms with Crippen LogP contribution in [0.1, 0.15) is 40.5 Å². The number of amides is 1. The lowest BCUT2D eigenvalue weighted by Crippen LogP contribution is -2.46. The Bertz CT molecular complexity index is 267. The number of aliphatic hydroxyl groups is 1. The van der Waals surface area contributed by atoms with E-state index in [1.807, 2.05) is 4.90 Å². The van der Waals surface area contributed by atoms with Crippen LogP contribution in [-0.4, -0.2) is 59.1 Å². The van der Waals surface area contributed by atoms with E-state index in [4.69, 9.17) is 0 Å². The van der Waals surface area contributed by atoms with Crippen molar-refractivity contribution in [2.24, 2.45) is 5.92 Å². The molecule has 0 unspecified atom stereocenters. The van der Waals surface area contributed by atoms with Crippen molar-refractivity contribution in [1.29, 1.82) is 0 Å². The zero-order valence-electron chi connectivity index (χ0n) is 12.2. The largest absolute Gasteiger partial charge is 0.395 e. The summed E-state index contributed by atoms with van der Waals surface area (Å²) in [6.45, 7) is 10.8. The summed E-state index contributed by atoms with van der Waals surface area (Å²) < 4.78 is 0. The highest BCUT2D eigenvalue weighted by Gasteiger charge is 2.28. The molecule has 1 amide bonds. The lowest BCUT2D eigenvalue weighted by atomic mass is 10.1. The van der Waals surface area contributed by atoms with Crippen molar-refractivity contribution in [3.63, 3.8) is 0 Å². The summed E-state index contributed by atoms with van der Waals surface area (Å²) in [7, 11) is 0. The summed E-state index contributed by atoms with van der Waals surface area (Å²) in [5.74, 6) is 0.683. The van der Waals surface area contributed by atoms with Crippen molar-refractivity contribution >= 4 is 5.91 Å². The number of hydrogen-bond acceptors (Lipinski definition) is 3. The first-order valence-corrected chi connectivity index (χ1v) is 7.10. The summed E-state index contributed by atoms with van der Waals surface area (Å²) in [5.41, 5.74) is 0. The predicted molar refractivity (Wildman–Crippen MR) is 73.4 cm³/mol. The van der Waals surface area contributed by atoms with E-state index >= 15 is 0 Å². The van der Waals surface area contributed by atoms with Crippen molar-refractivity contribution in [3.05, 3.63) is 0 Å². The molecule has 106 valence electrons. The fourth-order valence-electron chi connectivity index (χ4n) is 2.57. The number of rotatable bonds is 6. The second-order valence-electron chi connectivity index (χ2n) is 5.98. The van der Waals surface area contributed by atoms with Crippen molar-refractivity contribution in [2.45, 2.75) is 52.6 Å². The average Bonchev–Trinajstić information content (AvgIpc) is 2.72. The molecule has 4 heteroatoms. The Morgan fingerprint density at radius 1 is 1.39 bits per heavy atom. The van der Waals surface area contributed by atoms with E-state index in [1.165, 1.54) is 0 Å². The van der Waals surface area contributed by atoms with Crippen LogP contribution in [0.15, 0.2) is 0 Å². The van der Waals surface area contributed by atoms with Gasteiger partial charge in [-0.1, -0.05) is 13.8 Å². The van der Waals surface area contributed by atoms with Crippen LogP contribution in [0.25, 0.3) is 0 Å². The van der Waals surface area contributed by atoms with Crippen molar-refractivity contribution in [1.82, 2.24) is 9.80 Å². The number of hydrogen-bond donors (Lipinski definition) is 1. The van der Waals surface area contributed by atoms with Crippen LogP contribution < -0.4 is 0 Å². The van der Waals surface area contributed by atoms with E-state index in [1.54, 1.807) is 0 Å². The Balaban J connectivity index is 2.55. The predicted octanol–water partition coefficient (Wildman–Crippen LogP) is 1.34. The van der Waals surface area contributed by atoms with E-state index in [0.29, 0.717) is 12.5 Å². The molecule has 1 aliphatic rings. The highest BCUT2D eigenvalue weighted by molar-refractivity contribution is 5.78. The summed E-state index contributed by atoms with van der Waals surface area (Å²) in [6.07, 6.45) is 2.10. The highest BCUT2D eigenvalue weighted by Crippen LogP contribution is 2.17. The molecule has 1 aliphatic heterocycles. The van der Waals surface area contributed by atoms with Gasteiger partial charge in [-0.15, -0.1) is 0 Å². The molecule has 0 saturated carbocycles. The molecular formula is C14H28N2O2. The lowest BCUT2D eigenvalue weighted by Gasteiger charge is -2.31. The van der Waals surface area contributed by atoms with Gasteiger partial charge in [-0.3, -0.25) is 9.69 Å². The zero-order chi connectivity index (χ0) is 13.7. The Morgan fingerprint density at radius 2 is 2.06 bits per heavy atom.